The van der Waals surface area contributed by atoms with Crippen molar-refractivity contribution in [3.8, 4) is 5.88 Å². The van der Waals surface area contributed by atoms with Gasteiger partial charge in [-0.25, -0.2) is 18.7 Å². The summed E-state index contributed by atoms with van der Waals surface area (Å²) in [7, 11) is 1.62. The van der Waals surface area contributed by atoms with Gasteiger partial charge in [0.1, 0.15) is 0 Å². The molecule has 0 saturated heterocycles. The maximum absolute atomic E-state index is 15.1. The Morgan fingerprint density at radius 3 is 2.74 bits per heavy atom. The Hall–Kier alpha value is -2.53. The minimum Gasteiger partial charge on any atom is -0.476 e. The zero-order chi connectivity index (χ0) is 24.9. The SMILES string of the molecule is COCC12C[C@H]1[C@@](C)([C@@]1(c3nc(OCC(C)C)cnc3C(N)=O)C=C(F)C(F)=C(N)C1)N=CS2. The molecule has 1 aliphatic heterocycles. The molecule has 4 atom stereocenters. The molecule has 34 heavy (non-hydrogen) atoms. The van der Waals surface area contributed by atoms with Gasteiger partial charge in [0.05, 0.1) is 46.4 Å². The first-order valence-electron chi connectivity index (χ1n) is 11.0. The molecular formula is C23H29F2N5O3S. The van der Waals surface area contributed by atoms with Crippen LogP contribution in [-0.2, 0) is 10.2 Å². The number of carbonyl (C=O) groups is 1. The fourth-order valence-corrected chi connectivity index (χ4v) is 6.41. The van der Waals surface area contributed by atoms with Gasteiger partial charge in [0.15, 0.2) is 17.3 Å². The van der Waals surface area contributed by atoms with Gasteiger partial charge < -0.3 is 20.9 Å². The van der Waals surface area contributed by atoms with E-state index in [0.717, 1.165) is 12.5 Å². The number of ether oxygens (including phenoxy) is 2. The summed E-state index contributed by atoms with van der Waals surface area (Å²) >= 11 is 1.55. The average molecular weight is 494 g/mol. The molecule has 1 aromatic rings. The van der Waals surface area contributed by atoms with Crippen LogP contribution in [0.4, 0.5) is 8.78 Å². The molecule has 1 saturated carbocycles. The minimum absolute atomic E-state index is 0.0663. The smallest absolute Gasteiger partial charge is 0.269 e. The van der Waals surface area contributed by atoms with Gasteiger partial charge >= 0.3 is 0 Å². The first-order chi connectivity index (χ1) is 16.0. The molecular weight excluding hydrogens is 464 g/mol. The summed E-state index contributed by atoms with van der Waals surface area (Å²) < 4.78 is 40.5. The summed E-state index contributed by atoms with van der Waals surface area (Å²) in [6.45, 7) is 6.60. The molecule has 0 bridgehead atoms. The van der Waals surface area contributed by atoms with Crippen LogP contribution < -0.4 is 16.2 Å². The van der Waals surface area contributed by atoms with E-state index in [1.807, 2.05) is 20.8 Å². The third kappa shape index (κ3) is 3.78. The highest BCUT2D eigenvalue weighted by Crippen LogP contribution is 2.67. The van der Waals surface area contributed by atoms with Gasteiger partial charge in [-0.3, -0.25) is 9.79 Å². The van der Waals surface area contributed by atoms with Crippen molar-refractivity contribution in [1.29, 1.82) is 0 Å². The molecule has 1 unspecified atom stereocenters. The normalized spacial score (nSPS) is 32.4. The average Bonchev–Trinajstić information content (AvgIpc) is 3.51. The van der Waals surface area contributed by atoms with E-state index < -0.39 is 28.5 Å². The molecule has 184 valence electrons. The Morgan fingerprint density at radius 2 is 2.12 bits per heavy atom. The second-order valence-corrected chi connectivity index (χ2v) is 11.0. The highest BCUT2D eigenvalue weighted by atomic mass is 32.2. The predicted octanol–water partition coefficient (Wildman–Crippen LogP) is 3.18. The highest BCUT2D eigenvalue weighted by Gasteiger charge is 2.71. The Balaban J connectivity index is 1.95. The van der Waals surface area contributed by atoms with Gasteiger partial charge in [0.2, 0.25) is 5.88 Å². The number of aliphatic imine (C=N–C) groups is 1. The molecule has 1 amide bonds. The number of fused-ring (bicyclic) bond motifs is 1. The molecule has 2 heterocycles. The number of hydrogen-bond acceptors (Lipinski definition) is 8. The lowest BCUT2D eigenvalue weighted by Crippen LogP contribution is -2.54. The fraction of sp³-hybridized carbons (Fsp3) is 0.565. The first kappa shape index (κ1) is 24.6. The summed E-state index contributed by atoms with van der Waals surface area (Å²) in [6, 6.07) is 0. The molecule has 0 aromatic carbocycles. The molecule has 8 nitrogen and oxygen atoms in total. The van der Waals surface area contributed by atoms with Crippen molar-refractivity contribution < 1.29 is 23.0 Å². The molecule has 3 aliphatic rings. The summed E-state index contributed by atoms with van der Waals surface area (Å²) in [5, 5.41) is 0. The molecule has 1 aromatic heterocycles. The van der Waals surface area contributed by atoms with Crippen molar-refractivity contribution in [2.75, 3.05) is 20.3 Å². The van der Waals surface area contributed by atoms with Crippen LogP contribution in [0, 0.1) is 11.8 Å². The van der Waals surface area contributed by atoms with E-state index in [2.05, 4.69) is 9.97 Å². The molecule has 1 fully saturated rings. The molecule has 11 heteroatoms. The molecule has 0 radical (unpaired) electrons. The van der Waals surface area contributed by atoms with E-state index in [9.17, 15) is 9.18 Å². The van der Waals surface area contributed by atoms with Crippen molar-refractivity contribution in [1.82, 2.24) is 9.97 Å². The largest absolute Gasteiger partial charge is 0.476 e. The standard InChI is InChI=1S/C23H29F2N5O3S/c1-12(2)9-33-16-8-28-18(20(27)31)19(30-16)22(5-13(24)17(25)14(26)6-22)21(3)15-7-23(15,10-32-4)34-11-29-21/h5,8,11-12,15H,6-7,9-10,26H2,1-4H3,(H2,27,31)/t15-,21-,22-,23?/m0/s1. The van der Waals surface area contributed by atoms with Gasteiger partial charge in [-0.05, 0) is 25.3 Å². The third-order valence-electron chi connectivity index (χ3n) is 6.91. The van der Waals surface area contributed by atoms with E-state index in [-0.39, 0.29) is 46.0 Å². The topological polar surface area (TPSA) is 126 Å². The second kappa shape index (κ2) is 8.60. The van der Waals surface area contributed by atoms with Crippen LogP contribution in [0.2, 0.25) is 0 Å². The van der Waals surface area contributed by atoms with Gasteiger partial charge in [0, 0.05) is 25.1 Å². The second-order valence-electron chi connectivity index (χ2n) is 9.71. The lowest BCUT2D eigenvalue weighted by Gasteiger charge is -2.48. The van der Waals surface area contributed by atoms with Crippen molar-refractivity contribution in [2.45, 2.75) is 49.3 Å². The number of amides is 1. The maximum atomic E-state index is 15.1. The number of carbonyl (C=O) groups excluding carboxylic acids is 1. The first-order valence-corrected chi connectivity index (χ1v) is 11.9. The molecule has 2 aliphatic carbocycles. The van der Waals surface area contributed by atoms with Gasteiger partial charge in [-0.15, -0.1) is 11.8 Å². The van der Waals surface area contributed by atoms with Crippen LogP contribution in [0.15, 0.2) is 34.6 Å². The Morgan fingerprint density at radius 1 is 1.38 bits per heavy atom. The lowest BCUT2D eigenvalue weighted by atomic mass is 9.60. The number of aromatic nitrogens is 2. The maximum Gasteiger partial charge on any atom is 0.269 e. The van der Waals surface area contributed by atoms with Crippen molar-refractivity contribution >= 4 is 23.2 Å². The Kier molecular flexibility index (Phi) is 6.22. The summed E-state index contributed by atoms with van der Waals surface area (Å²) in [6.07, 6.45) is 3.00. The van der Waals surface area contributed by atoms with E-state index in [0.29, 0.717) is 13.2 Å². The van der Waals surface area contributed by atoms with E-state index in [1.54, 1.807) is 24.4 Å². The minimum atomic E-state index is -1.44. The van der Waals surface area contributed by atoms with E-state index in [1.165, 1.54) is 6.20 Å². The highest BCUT2D eigenvalue weighted by molar-refractivity contribution is 8.13. The van der Waals surface area contributed by atoms with Gasteiger partial charge in [0.25, 0.3) is 5.91 Å². The van der Waals surface area contributed by atoms with Crippen LogP contribution in [0.5, 0.6) is 5.88 Å². The zero-order valence-electron chi connectivity index (χ0n) is 19.6. The number of nitrogens with zero attached hydrogens (tertiary/aromatic N) is 3. The number of thioether (sulfide) groups is 1. The van der Waals surface area contributed by atoms with Crippen LogP contribution >= 0.6 is 11.8 Å². The van der Waals surface area contributed by atoms with E-state index >= 15 is 4.39 Å². The predicted molar refractivity (Wildman–Crippen MR) is 126 cm³/mol. The lowest BCUT2D eigenvalue weighted by molar-refractivity contribution is 0.0989. The molecule has 0 spiro atoms. The zero-order valence-corrected chi connectivity index (χ0v) is 20.4. The Bertz CT molecular complexity index is 1110. The van der Waals surface area contributed by atoms with E-state index in [4.69, 9.17) is 25.9 Å². The van der Waals surface area contributed by atoms with Crippen LogP contribution in [0.1, 0.15) is 49.8 Å². The fourth-order valence-electron chi connectivity index (χ4n) is 5.09. The number of hydrogen-bond donors (Lipinski definition) is 2. The van der Waals surface area contributed by atoms with Gasteiger partial charge in [-0.2, -0.15) is 0 Å². The van der Waals surface area contributed by atoms with Crippen molar-refractivity contribution in [2.24, 2.45) is 28.3 Å². The van der Waals surface area contributed by atoms with Crippen LogP contribution in [-0.4, -0.2) is 52.0 Å². The quantitative estimate of drug-likeness (QED) is 0.570. The van der Waals surface area contributed by atoms with Crippen molar-refractivity contribution in [3.05, 3.63) is 41.0 Å². The van der Waals surface area contributed by atoms with Gasteiger partial charge in [-0.1, -0.05) is 13.8 Å². The monoisotopic (exact) mass is 493 g/mol. The number of rotatable bonds is 8. The number of primary amides is 1. The number of allylic oxidation sites excluding steroid dienone is 3. The molecule has 4 N–H and O–H groups in total. The number of halogens is 2. The molecule has 4 rings (SSSR count). The summed E-state index contributed by atoms with van der Waals surface area (Å²) in [4.78, 5) is 26.0. The number of methoxy groups -OCH3 is 1. The summed E-state index contributed by atoms with van der Waals surface area (Å²) in [5.74, 6) is -2.86. The number of nitrogens with two attached hydrogens (primary N) is 2. The van der Waals surface area contributed by atoms with Crippen molar-refractivity contribution in [3.63, 3.8) is 0 Å². The summed E-state index contributed by atoms with van der Waals surface area (Å²) in [5.41, 5.74) is 10.5. The van der Waals surface area contributed by atoms with Crippen LogP contribution in [0.3, 0.4) is 0 Å². The Labute approximate surface area is 201 Å². The van der Waals surface area contributed by atoms with Crippen LogP contribution in [0.25, 0.3) is 0 Å². The third-order valence-corrected chi connectivity index (χ3v) is 8.16.